The van der Waals surface area contributed by atoms with Crippen molar-refractivity contribution < 1.29 is 13.2 Å². The van der Waals surface area contributed by atoms with Crippen molar-refractivity contribution >= 4 is 37.5 Å². The monoisotopic (exact) mass is 424 g/mol. The van der Waals surface area contributed by atoms with Gasteiger partial charge < -0.3 is 5.32 Å². The summed E-state index contributed by atoms with van der Waals surface area (Å²) in [6.45, 7) is 5.39. The third-order valence-corrected chi connectivity index (χ3v) is 6.31. The lowest BCUT2D eigenvalue weighted by Crippen LogP contribution is -2.35. The molecular weight excluding hydrogens is 404 g/mol. The van der Waals surface area contributed by atoms with Gasteiger partial charge in [-0.1, -0.05) is 22.0 Å². The van der Waals surface area contributed by atoms with Crippen LogP contribution in [0, 0.1) is 20.8 Å². The SMILES string of the molecule is Cc1ccc(S(=O)(=O)N(C)CC(=O)Nc2ccc(Br)cc2C)cc1C. The Labute approximate surface area is 157 Å². The van der Waals surface area contributed by atoms with Gasteiger partial charge in [-0.15, -0.1) is 0 Å². The number of amides is 1. The summed E-state index contributed by atoms with van der Waals surface area (Å²) in [7, 11) is -2.32. The molecule has 25 heavy (non-hydrogen) atoms. The second kappa shape index (κ2) is 7.68. The van der Waals surface area contributed by atoms with Crippen LogP contribution in [0.25, 0.3) is 0 Å². The number of halogens is 1. The number of nitrogens with one attached hydrogen (secondary N) is 1. The Hall–Kier alpha value is -1.70. The second-order valence-corrected chi connectivity index (χ2v) is 8.98. The fourth-order valence-electron chi connectivity index (χ4n) is 2.30. The standard InChI is InChI=1S/C18H21BrN2O3S/c1-12-5-7-16(10-13(12)2)25(23,24)21(4)11-18(22)20-17-8-6-15(19)9-14(17)3/h5-10H,11H2,1-4H3,(H,20,22). The van der Waals surface area contributed by atoms with Gasteiger partial charge in [0.1, 0.15) is 0 Å². The van der Waals surface area contributed by atoms with Crippen LogP contribution in [0.2, 0.25) is 0 Å². The average Bonchev–Trinajstić information content (AvgIpc) is 2.52. The lowest BCUT2D eigenvalue weighted by Gasteiger charge is -2.18. The molecule has 7 heteroatoms. The number of carbonyl (C=O) groups excluding carboxylic acids is 1. The number of hydrogen-bond donors (Lipinski definition) is 1. The van der Waals surface area contributed by atoms with Crippen molar-refractivity contribution in [2.75, 3.05) is 18.9 Å². The molecule has 2 aromatic rings. The first-order valence-corrected chi connectivity index (χ1v) is 9.94. The third-order valence-electron chi connectivity index (χ3n) is 4.02. The zero-order chi connectivity index (χ0) is 18.8. The first-order valence-electron chi connectivity index (χ1n) is 7.71. The molecular formula is C18H21BrN2O3S. The molecule has 0 aliphatic rings. The minimum atomic E-state index is -3.72. The molecule has 0 unspecified atom stereocenters. The average molecular weight is 425 g/mol. The highest BCUT2D eigenvalue weighted by Crippen LogP contribution is 2.21. The van der Waals surface area contributed by atoms with E-state index in [9.17, 15) is 13.2 Å². The number of carbonyl (C=O) groups is 1. The molecule has 2 rings (SSSR count). The first-order chi connectivity index (χ1) is 11.6. The molecule has 1 N–H and O–H groups in total. The summed E-state index contributed by atoms with van der Waals surface area (Å²) < 4.78 is 27.2. The normalized spacial score (nSPS) is 11.6. The number of aryl methyl sites for hydroxylation is 3. The number of hydrogen-bond acceptors (Lipinski definition) is 3. The number of benzene rings is 2. The van der Waals surface area contributed by atoms with Crippen molar-refractivity contribution in [1.82, 2.24) is 4.31 Å². The molecule has 1 amide bonds. The molecule has 0 saturated heterocycles. The molecule has 0 saturated carbocycles. The van der Waals surface area contributed by atoms with Crippen molar-refractivity contribution in [1.29, 1.82) is 0 Å². The minimum Gasteiger partial charge on any atom is -0.325 e. The molecule has 134 valence electrons. The molecule has 5 nitrogen and oxygen atoms in total. The molecule has 0 aliphatic heterocycles. The van der Waals surface area contributed by atoms with Crippen molar-refractivity contribution in [3.8, 4) is 0 Å². The number of anilines is 1. The molecule has 2 aromatic carbocycles. The third kappa shape index (κ3) is 4.68. The molecule has 0 atom stereocenters. The maximum atomic E-state index is 12.6. The zero-order valence-electron chi connectivity index (χ0n) is 14.6. The van der Waals surface area contributed by atoms with E-state index in [4.69, 9.17) is 0 Å². The highest BCUT2D eigenvalue weighted by Gasteiger charge is 2.23. The van der Waals surface area contributed by atoms with Gasteiger partial charge in [0.25, 0.3) is 0 Å². The van der Waals surface area contributed by atoms with Crippen LogP contribution < -0.4 is 5.32 Å². The van der Waals surface area contributed by atoms with Crippen molar-refractivity contribution in [2.45, 2.75) is 25.7 Å². The maximum Gasteiger partial charge on any atom is 0.243 e. The Morgan fingerprint density at radius 1 is 1.04 bits per heavy atom. The van der Waals surface area contributed by atoms with E-state index in [0.29, 0.717) is 5.69 Å². The van der Waals surface area contributed by atoms with E-state index in [2.05, 4.69) is 21.2 Å². The van der Waals surface area contributed by atoms with Crippen LogP contribution in [0.3, 0.4) is 0 Å². The summed E-state index contributed by atoms with van der Waals surface area (Å²) in [4.78, 5) is 12.4. The van der Waals surface area contributed by atoms with E-state index >= 15 is 0 Å². The van der Waals surface area contributed by atoms with Crippen LogP contribution in [0.1, 0.15) is 16.7 Å². The quantitative estimate of drug-likeness (QED) is 0.796. The highest BCUT2D eigenvalue weighted by atomic mass is 79.9. The van der Waals surface area contributed by atoms with Gasteiger partial charge in [0, 0.05) is 17.2 Å². The lowest BCUT2D eigenvalue weighted by atomic mass is 10.1. The Kier molecular flexibility index (Phi) is 6.03. The van der Waals surface area contributed by atoms with Crippen LogP contribution in [0.5, 0.6) is 0 Å². The van der Waals surface area contributed by atoms with Crippen LogP contribution in [0.15, 0.2) is 45.8 Å². The smallest absolute Gasteiger partial charge is 0.243 e. The van der Waals surface area contributed by atoms with Gasteiger partial charge >= 0.3 is 0 Å². The fourth-order valence-corrected chi connectivity index (χ4v) is 3.99. The van der Waals surface area contributed by atoms with Crippen molar-refractivity contribution in [3.05, 3.63) is 57.6 Å². The van der Waals surface area contributed by atoms with E-state index in [1.807, 2.05) is 32.9 Å². The lowest BCUT2D eigenvalue weighted by molar-refractivity contribution is -0.116. The second-order valence-electron chi connectivity index (χ2n) is 6.01. The van der Waals surface area contributed by atoms with E-state index < -0.39 is 10.0 Å². The first kappa shape index (κ1) is 19.6. The van der Waals surface area contributed by atoms with Gasteiger partial charge in [-0.2, -0.15) is 4.31 Å². The Bertz CT molecular complexity index is 911. The summed E-state index contributed by atoms with van der Waals surface area (Å²) in [5.41, 5.74) is 3.46. The zero-order valence-corrected chi connectivity index (χ0v) is 17.0. The summed E-state index contributed by atoms with van der Waals surface area (Å²) in [6, 6.07) is 10.4. The molecule has 0 spiro atoms. The van der Waals surface area contributed by atoms with E-state index in [-0.39, 0.29) is 17.3 Å². The molecule has 0 heterocycles. The van der Waals surface area contributed by atoms with Crippen LogP contribution in [-0.4, -0.2) is 32.2 Å². The van der Waals surface area contributed by atoms with Gasteiger partial charge in [-0.3, -0.25) is 4.79 Å². The minimum absolute atomic E-state index is 0.186. The predicted octanol–water partition coefficient (Wildman–Crippen LogP) is 3.63. The van der Waals surface area contributed by atoms with Gasteiger partial charge in [0.05, 0.1) is 11.4 Å². The summed E-state index contributed by atoms with van der Waals surface area (Å²) >= 11 is 3.37. The molecule has 0 bridgehead atoms. The van der Waals surface area contributed by atoms with Crippen LogP contribution in [0.4, 0.5) is 5.69 Å². The molecule has 0 aromatic heterocycles. The predicted molar refractivity (Wildman–Crippen MR) is 103 cm³/mol. The van der Waals surface area contributed by atoms with Gasteiger partial charge in [-0.05, 0) is 67.8 Å². The Morgan fingerprint density at radius 3 is 2.32 bits per heavy atom. The van der Waals surface area contributed by atoms with E-state index in [1.54, 1.807) is 24.3 Å². The molecule has 0 aliphatic carbocycles. The number of sulfonamides is 1. The van der Waals surface area contributed by atoms with E-state index in [1.165, 1.54) is 7.05 Å². The Balaban J connectivity index is 2.13. The maximum absolute atomic E-state index is 12.6. The number of likely N-dealkylation sites (N-methyl/N-ethyl adjacent to an activating group) is 1. The molecule has 0 fully saturated rings. The van der Waals surface area contributed by atoms with Crippen molar-refractivity contribution in [3.63, 3.8) is 0 Å². The number of rotatable bonds is 5. The highest BCUT2D eigenvalue weighted by molar-refractivity contribution is 9.10. The topological polar surface area (TPSA) is 66.5 Å². The van der Waals surface area contributed by atoms with Crippen LogP contribution in [-0.2, 0) is 14.8 Å². The summed E-state index contributed by atoms with van der Waals surface area (Å²) in [5.74, 6) is -0.389. The van der Waals surface area contributed by atoms with Gasteiger partial charge in [0.2, 0.25) is 15.9 Å². The van der Waals surface area contributed by atoms with E-state index in [0.717, 1.165) is 25.5 Å². The van der Waals surface area contributed by atoms with Gasteiger partial charge in [0.15, 0.2) is 0 Å². The largest absolute Gasteiger partial charge is 0.325 e. The van der Waals surface area contributed by atoms with Gasteiger partial charge in [-0.25, -0.2) is 8.42 Å². The fraction of sp³-hybridized carbons (Fsp3) is 0.278. The molecule has 0 radical (unpaired) electrons. The Morgan fingerprint density at radius 2 is 1.72 bits per heavy atom. The van der Waals surface area contributed by atoms with Crippen LogP contribution >= 0.6 is 15.9 Å². The summed E-state index contributed by atoms with van der Waals surface area (Å²) in [5, 5.41) is 2.75. The number of nitrogens with zero attached hydrogens (tertiary/aromatic N) is 1. The van der Waals surface area contributed by atoms with Crippen molar-refractivity contribution in [2.24, 2.45) is 0 Å². The summed E-state index contributed by atoms with van der Waals surface area (Å²) in [6.07, 6.45) is 0.